The van der Waals surface area contributed by atoms with Crippen molar-refractivity contribution in [3.8, 4) is 17.5 Å². The zero-order valence-electron chi connectivity index (χ0n) is 14.8. The fourth-order valence-electron chi connectivity index (χ4n) is 3.44. The second-order valence-corrected chi connectivity index (χ2v) is 8.64. The second kappa shape index (κ2) is 6.75. The number of nitrogens with zero attached hydrogens (tertiary/aromatic N) is 5. The van der Waals surface area contributed by atoms with Crippen molar-refractivity contribution in [3.05, 3.63) is 45.7 Å². The van der Waals surface area contributed by atoms with Crippen LogP contribution in [0.4, 0.5) is 0 Å². The fourth-order valence-corrected chi connectivity index (χ4v) is 5.49. The zero-order chi connectivity index (χ0) is 18.4. The van der Waals surface area contributed by atoms with Gasteiger partial charge in [0.05, 0.1) is 17.2 Å². The molecule has 0 unspecified atom stereocenters. The highest BCUT2D eigenvalue weighted by atomic mass is 32.1. The maximum atomic E-state index is 11.0. The van der Waals surface area contributed by atoms with Gasteiger partial charge in [-0.3, -0.25) is 4.90 Å². The average molecular weight is 402 g/mol. The van der Waals surface area contributed by atoms with Crippen LogP contribution in [-0.2, 0) is 0 Å². The lowest BCUT2D eigenvalue weighted by molar-refractivity contribution is 0.128. The van der Waals surface area contributed by atoms with Gasteiger partial charge in [0.2, 0.25) is 16.7 Å². The molecule has 0 aromatic carbocycles. The van der Waals surface area contributed by atoms with Crippen LogP contribution < -0.4 is 0 Å². The van der Waals surface area contributed by atoms with Crippen LogP contribution in [0.5, 0.6) is 5.88 Å². The van der Waals surface area contributed by atoms with Crippen molar-refractivity contribution in [2.24, 2.45) is 0 Å². The third-order valence-corrected chi connectivity index (χ3v) is 6.90. The van der Waals surface area contributed by atoms with Crippen molar-refractivity contribution in [2.45, 2.75) is 6.04 Å². The van der Waals surface area contributed by atoms with Crippen LogP contribution in [0.3, 0.4) is 0 Å². The molecule has 4 aromatic rings. The molecule has 5 rings (SSSR count). The third-order valence-electron chi connectivity index (χ3n) is 4.91. The number of piperazine rings is 1. The Hall–Kier alpha value is -2.20. The van der Waals surface area contributed by atoms with Gasteiger partial charge in [-0.1, -0.05) is 17.4 Å². The van der Waals surface area contributed by atoms with Crippen LogP contribution in [0.2, 0.25) is 0 Å². The van der Waals surface area contributed by atoms with Gasteiger partial charge in [-0.05, 0) is 30.6 Å². The highest BCUT2D eigenvalue weighted by Gasteiger charge is 2.32. The van der Waals surface area contributed by atoms with Crippen molar-refractivity contribution in [1.29, 1.82) is 0 Å². The van der Waals surface area contributed by atoms with E-state index in [4.69, 9.17) is 4.42 Å². The molecular weight excluding hydrogens is 382 g/mol. The number of furan rings is 1. The zero-order valence-corrected chi connectivity index (χ0v) is 16.4. The van der Waals surface area contributed by atoms with E-state index in [2.05, 4.69) is 44.4 Å². The minimum absolute atomic E-state index is 0.0271. The highest BCUT2D eigenvalue weighted by molar-refractivity contribution is 7.17. The van der Waals surface area contributed by atoms with Crippen LogP contribution in [0.25, 0.3) is 16.5 Å². The van der Waals surface area contributed by atoms with Crippen molar-refractivity contribution < 1.29 is 9.52 Å². The first kappa shape index (κ1) is 16.9. The number of hydrogen-bond donors (Lipinski definition) is 1. The van der Waals surface area contributed by atoms with Crippen LogP contribution in [0, 0.1) is 0 Å². The molecule has 1 fully saturated rings. The van der Waals surface area contributed by atoms with Gasteiger partial charge >= 0.3 is 0 Å². The number of aromatic hydroxyl groups is 1. The summed E-state index contributed by atoms with van der Waals surface area (Å²) in [6.07, 6.45) is 1.59. The smallest absolute Gasteiger partial charge is 0.230 e. The lowest BCUT2D eigenvalue weighted by atomic mass is 10.1. The summed E-state index contributed by atoms with van der Waals surface area (Å²) in [6.45, 7) is 3.96. The summed E-state index contributed by atoms with van der Waals surface area (Å²) in [6, 6.07) is 7.84. The van der Waals surface area contributed by atoms with Gasteiger partial charge in [0, 0.05) is 31.1 Å². The second-order valence-electron chi connectivity index (χ2n) is 6.65. The first-order chi connectivity index (χ1) is 13.2. The van der Waals surface area contributed by atoms with Crippen molar-refractivity contribution in [3.63, 3.8) is 0 Å². The van der Waals surface area contributed by atoms with E-state index in [0.717, 1.165) is 31.1 Å². The Morgan fingerprint density at radius 1 is 1.19 bits per heavy atom. The maximum Gasteiger partial charge on any atom is 0.230 e. The Labute approximate surface area is 164 Å². The quantitative estimate of drug-likeness (QED) is 0.566. The molecule has 1 aliphatic heterocycles. The summed E-state index contributed by atoms with van der Waals surface area (Å²) < 4.78 is 6.90. The molecule has 0 spiro atoms. The molecule has 27 heavy (non-hydrogen) atoms. The molecule has 0 amide bonds. The van der Waals surface area contributed by atoms with Gasteiger partial charge in [-0.15, -0.1) is 16.4 Å². The van der Waals surface area contributed by atoms with E-state index in [1.165, 1.54) is 20.7 Å². The summed E-state index contributed by atoms with van der Waals surface area (Å²) in [5.41, 5.74) is 0. The number of thiophene rings is 1. The summed E-state index contributed by atoms with van der Waals surface area (Å²) in [4.78, 5) is 12.1. The molecular formula is C18H19N5O2S2. The summed E-state index contributed by atoms with van der Waals surface area (Å²) >= 11 is 3.21. The van der Waals surface area contributed by atoms with E-state index in [9.17, 15) is 5.11 Å². The number of aromatic nitrogens is 3. The molecule has 4 aromatic heterocycles. The van der Waals surface area contributed by atoms with Gasteiger partial charge in [-0.2, -0.15) is 9.50 Å². The van der Waals surface area contributed by atoms with Crippen LogP contribution in [0.15, 0.2) is 40.3 Å². The molecule has 1 atom stereocenters. The Balaban J connectivity index is 1.56. The molecule has 1 N–H and O–H groups in total. The predicted molar refractivity (Wildman–Crippen MR) is 105 cm³/mol. The van der Waals surface area contributed by atoms with Crippen LogP contribution >= 0.6 is 22.7 Å². The van der Waals surface area contributed by atoms with Crippen LogP contribution in [-0.4, -0.2) is 62.7 Å². The Bertz CT molecular complexity index is 1030. The molecule has 140 valence electrons. The summed E-state index contributed by atoms with van der Waals surface area (Å²) in [7, 11) is 2.15. The van der Waals surface area contributed by atoms with E-state index in [1.807, 2.05) is 6.07 Å². The number of thiazole rings is 1. The molecule has 5 heterocycles. The molecule has 0 aliphatic carbocycles. The molecule has 1 saturated heterocycles. The van der Waals surface area contributed by atoms with Crippen molar-refractivity contribution in [1.82, 2.24) is 24.4 Å². The average Bonchev–Trinajstić information content (AvgIpc) is 3.44. The fraction of sp³-hybridized carbons (Fsp3) is 0.333. The van der Waals surface area contributed by atoms with Crippen molar-refractivity contribution in [2.75, 3.05) is 33.2 Å². The number of likely N-dealkylation sites (N-methyl/N-ethyl adjacent to an activating group) is 1. The molecule has 0 radical (unpaired) electrons. The van der Waals surface area contributed by atoms with Gasteiger partial charge in [0.25, 0.3) is 0 Å². The minimum Gasteiger partial charge on any atom is -0.492 e. The number of fused-ring (bicyclic) bond motifs is 1. The highest BCUT2D eigenvalue weighted by Crippen LogP contribution is 2.42. The number of hydrogen-bond acceptors (Lipinski definition) is 8. The third kappa shape index (κ3) is 2.96. The Morgan fingerprint density at radius 3 is 2.70 bits per heavy atom. The van der Waals surface area contributed by atoms with Gasteiger partial charge < -0.3 is 14.4 Å². The Morgan fingerprint density at radius 2 is 2.04 bits per heavy atom. The Kier molecular flexibility index (Phi) is 4.24. The normalized spacial score (nSPS) is 17.7. The van der Waals surface area contributed by atoms with Gasteiger partial charge in [0.15, 0.2) is 5.76 Å². The van der Waals surface area contributed by atoms with Crippen LogP contribution in [0.1, 0.15) is 15.8 Å². The van der Waals surface area contributed by atoms with Crippen molar-refractivity contribution >= 4 is 27.6 Å². The standard InChI is InChI=1S/C18H19N5O2S2/c1-21-6-8-22(9-7-21)14(13-5-3-11-26-13)15-17(24)23-18(27-15)19-16(20-23)12-4-2-10-25-12/h2-5,10-11,14,24H,6-9H2,1H3/t14-/m0/s1. The lowest BCUT2D eigenvalue weighted by Gasteiger charge is -2.37. The summed E-state index contributed by atoms with van der Waals surface area (Å²) in [5, 5.41) is 17.5. The predicted octanol–water partition coefficient (Wildman–Crippen LogP) is 3.15. The monoisotopic (exact) mass is 401 g/mol. The molecule has 7 nitrogen and oxygen atoms in total. The van der Waals surface area contributed by atoms with E-state index in [-0.39, 0.29) is 11.9 Å². The van der Waals surface area contributed by atoms with Gasteiger partial charge in [-0.25, -0.2) is 0 Å². The largest absolute Gasteiger partial charge is 0.492 e. The minimum atomic E-state index is 0.0271. The lowest BCUT2D eigenvalue weighted by Crippen LogP contribution is -2.45. The number of rotatable bonds is 4. The van der Waals surface area contributed by atoms with E-state index >= 15 is 0 Å². The summed E-state index contributed by atoms with van der Waals surface area (Å²) in [5.74, 6) is 1.25. The molecule has 0 saturated carbocycles. The van der Waals surface area contributed by atoms with Gasteiger partial charge in [0.1, 0.15) is 0 Å². The maximum absolute atomic E-state index is 11.0. The first-order valence-electron chi connectivity index (χ1n) is 8.79. The SMILES string of the molecule is CN1CCN([C@@H](c2cccs2)c2sc3nc(-c4ccco4)nn3c2O)CC1. The van der Waals surface area contributed by atoms with E-state index < -0.39 is 0 Å². The van der Waals surface area contributed by atoms with E-state index in [1.54, 1.807) is 23.7 Å². The molecule has 9 heteroatoms. The topological polar surface area (TPSA) is 70.0 Å². The molecule has 0 bridgehead atoms. The molecule has 1 aliphatic rings. The van der Waals surface area contributed by atoms with E-state index in [0.29, 0.717) is 16.5 Å². The first-order valence-corrected chi connectivity index (χ1v) is 10.5.